The van der Waals surface area contributed by atoms with Crippen LogP contribution in [0.2, 0.25) is 0 Å². The summed E-state index contributed by atoms with van der Waals surface area (Å²) in [5, 5.41) is 5.71. The van der Waals surface area contributed by atoms with E-state index in [1.165, 1.54) is 19.5 Å². The molecule has 2 unspecified atom stereocenters. The topological polar surface area (TPSA) is 87.7 Å². The van der Waals surface area contributed by atoms with E-state index < -0.39 is 29.7 Å². The number of benzene rings is 1. The number of esters is 1. The summed E-state index contributed by atoms with van der Waals surface area (Å²) in [5.41, 5.74) is 0.0123. The van der Waals surface area contributed by atoms with Crippen molar-refractivity contribution in [1.82, 2.24) is 10.6 Å². The van der Waals surface area contributed by atoms with Crippen LogP contribution in [0.25, 0.3) is 0 Å². The number of nitrogens with zero attached hydrogens (tertiary/aromatic N) is 1. The summed E-state index contributed by atoms with van der Waals surface area (Å²) in [4.78, 5) is 35.2. The molecule has 1 aromatic rings. The van der Waals surface area contributed by atoms with Gasteiger partial charge in [0.2, 0.25) is 6.41 Å². The zero-order valence-corrected chi connectivity index (χ0v) is 16.0. The van der Waals surface area contributed by atoms with Gasteiger partial charge in [-0.3, -0.25) is 19.8 Å². The molecule has 0 heterocycles. The molecule has 9 heteroatoms. The molecule has 0 saturated carbocycles. The van der Waals surface area contributed by atoms with Gasteiger partial charge in [0.05, 0.1) is 18.8 Å². The van der Waals surface area contributed by atoms with Crippen molar-refractivity contribution < 1.29 is 27.9 Å². The molecule has 0 aliphatic rings. The van der Waals surface area contributed by atoms with Crippen molar-refractivity contribution in [3.05, 3.63) is 42.2 Å². The Kier molecular flexibility index (Phi) is 9.80. The van der Waals surface area contributed by atoms with E-state index in [1.807, 2.05) is 13.8 Å². The zero-order valence-electron chi connectivity index (χ0n) is 16.0. The van der Waals surface area contributed by atoms with Crippen LogP contribution in [0.15, 0.2) is 30.6 Å². The molecule has 154 valence electrons. The number of methoxy groups -OCH3 is 1. The molecule has 0 fully saturated rings. The van der Waals surface area contributed by atoms with Crippen LogP contribution in [0.4, 0.5) is 14.5 Å². The number of aldehydes is 1. The Hall–Kier alpha value is -2.81. The Morgan fingerprint density at radius 1 is 1.21 bits per heavy atom. The number of carbonyl (C=O) groups is 3. The Balaban J connectivity index is 2.67. The first-order valence-corrected chi connectivity index (χ1v) is 8.69. The first-order chi connectivity index (χ1) is 13.3. The van der Waals surface area contributed by atoms with Crippen LogP contribution in [0, 0.1) is 17.6 Å². The van der Waals surface area contributed by atoms with Crippen molar-refractivity contribution in [2.75, 3.05) is 18.6 Å². The quantitative estimate of drug-likeness (QED) is 0.413. The number of nitrogens with one attached hydrogen (secondary N) is 2. The van der Waals surface area contributed by atoms with E-state index in [2.05, 4.69) is 10.6 Å². The van der Waals surface area contributed by atoms with Gasteiger partial charge < -0.3 is 14.8 Å². The van der Waals surface area contributed by atoms with Crippen molar-refractivity contribution in [3.8, 4) is 0 Å². The SMILES string of the molecule is COC(=O)C(CC(C)C)NC(C=O)CN/C=C\N(C=O)c1cc(F)cc(F)c1. The molecule has 1 rings (SSSR count). The van der Waals surface area contributed by atoms with E-state index in [0.717, 1.165) is 17.0 Å². The second-order valence-electron chi connectivity index (χ2n) is 6.48. The van der Waals surface area contributed by atoms with Crippen LogP contribution in [0.3, 0.4) is 0 Å². The highest BCUT2D eigenvalue weighted by Crippen LogP contribution is 2.17. The number of hydrogen-bond acceptors (Lipinski definition) is 6. The lowest BCUT2D eigenvalue weighted by Gasteiger charge is -2.22. The highest BCUT2D eigenvalue weighted by Gasteiger charge is 2.23. The van der Waals surface area contributed by atoms with Crippen LogP contribution in [-0.4, -0.2) is 44.4 Å². The number of ether oxygens (including phenoxy) is 1. The van der Waals surface area contributed by atoms with Gasteiger partial charge in [-0.1, -0.05) is 13.8 Å². The minimum atomic E-state index is -0.813. The van der Waals surface area contributed by atoms with Crippen LogP contribution in [-0.2, 0) is 19.1 Å². The number of hydrogen-bond donors (Lipinski definition) is 2. The first kappa shape index (κ1) is 23.2. The van der Waals surface area contributed by atoms with Gasteiger partial charge in [0, 0.05) is 25.0 Å². The second kappa shape index (κ2) is 11.8. The van der Waals surface area contributed by atoms with Crippen LogP contribution >= 0.6 is 0 Å². The molecule has 0 aliphatic carbocycles. The number of amides is 1. The van der Waals surface area contributed by atoms with Crippen molar-refractivity contribution in [2.45, 2.75) is 32.4 Å². The molecule has 0 saturated heterocycles. The maximum absolute atomic E-state index is 13.3. The second-order valence-corrected chi connectivity index (χ2v) is 6.48. The maximum Gasteiger partial charge on any atom is 0.322 e. The predicted molar refractivity (Wildman–Crippen MR) is 100 cm³/mol. The van der Waals surface area contributed by atoms with Gasteiger partial charge in [-0.25, -0.2) is 8.78 Å². The van der Waals surface area contributed by atoms with E-state index in [4.69, 9.17) is 4.74 Å². The number of anilines is 1. The van der Waals surface area contributed by atoms with Crippen LogP contribution < -0.4 is 15.5 Å². The van der Waals surface area contributed by atoms with Crippen molar-refractivity contribution >= 4 is 24.4 Å². The molecule has 1 amide bonds. The van der Waals surface area contributed by atoms with Gasteiger partial charge in [0.25, 0.3) is 0 Å². The third-order valence-electron chi connectivity index (χ3n) is 3.72. The maximum atomic E-state index is 13.3. The average molecular weight is 397 g/mol. The van der Waals surface area contributed by atoms with Gasteiger partial charge in [-0.15, -0.1) is 0 Å². The van der Waals surface area contributed by atoms with Crippen LogP contribution in [0.5, 0.6) is 0 Å². The molecule has 0 bridgehead atoms. The summed E-state index contributed by atoms with van der Waals surface area (Å²) in [6, 6.07) is 1.38. The number of rotatable bonds is 12. The summed E-state index contributed by atoms with van der Waals surface area (Å²) in [6.07, 6.45) is 4.14. The smallest absolute Gasteiger partial charge is 0.322 e. The predicted octanol–water partition coefficient (Wildman–Crippen LogP) is 1.73. The van der Waals surface area contributed by atoms with Gasteiger partial charge >= 0.3 is 5.97 Å². The highest BCUT2D eigenvalue weighted by atomic mass is 19.1. The zero-order chi connectivity index (χ0) is 21.1. The molecule has 0 spiro atoms. The molecule has 0 aliphatic heterocycles. The summed E-state index contributed by atoms with van der Waals surface area (Å²) in [7, 11) is 1.28. The largest absolute Gasteiger partial charge is 0.468 e. The van der Waals surface area contributed by atoms with Crippen molar-refractivity contribution in [3.63, 3.8) is 0 Å². The third-order valence-corrected chi connectivity index (χ3v) is 3.72. The summed E-state index contributed by atoms with van der Waals surface area (Å²) >= 11 is 0. The van der Waals surface area contributed by atoms with E-state index in [9.17, 15) is 23.2 Å². The number of halogens is 2. The molecular formula is C19H25F2N3O4. The van der Waals surface area contributed by atoms with E-state index in [0.29, 0.717) is 25.2 Å². The minimum Gasteiger partial charge on any atom is -0.468 e. The van der Waals surface area contributed by atoms with Crippen molar-refractivity contribution in [2.24, 2.45) is 5.92 Å². The van der Waals surface area contributed by atoms with Gasteiger partial charge in [0.1, 0.15) is 24.0 Å². The minimum absolute atomic E-state index is 0.0123. The normalized spacial score (nSPS) is 13.2. The fourth-order valence-corrected chi connectivity index (χ4v) is 2.45. The summed E-state index contributed by atoms with van der Waals surface area (Å²) < 4.78 is 31.3. The van der Waals surface area contributed by atoms with Gasteiger partial charge in [0.15, 0.2) is 0 Å². The first-order valence-electron chi connectivity index (χ1n) is 8.69. The molecule has 28 heavy (non-hydrogen) atoms. The van der Waals surface area contributed by atoms with Crippen molar-refractivity contribution in [1.29, 1.82) is 0 Å². The molecule has 7 nitrogen and oxygen atoms in total. The fourth-order valence-electron chi connectivity index (χ4n) is 2.45. The number of carbonyl (C=O) groups excluding carboxylic acids is 3. The van der Waals surface area contributed by atoms with E-state index >= 15 is 0 Å². The van der Waals surface area contributed by atoms with Gasteiger partial charge in [-0.2, -0.15) is 0 Å². The monoisotopic (exact) mass is 397 g/mol. The Bertz CT molecular complexity index is 678. The third kappa shape index (κ3) is 7.83. The molecule has 2 atom stereocenters. The van der Waals surface area contributed by atoms with E-state index in [-0.39, 0.29) is 18.2 Å². The molecule has 1 aromatic carbocycles. The van der Waals surface area contributed by atoms with E-state index in [1.54, 1.807) is 0 Å². The molecule has 0 aromatic heterocycles. The van der Waals surface area contributed by atoms with Gasteiger partial charge in [-0.05, 0) is 24.5 Å². The molecule has 2 N–H and O–H groups in total. The lowest BCUT2D eigenvalue weighted by Crippen LogP contribution is -2.48. The lowest BCUT2D eigenvalue weighted by molar-refractivity contribution is -0.143. The average Bonchev–Trinajstić information content (AvgIpc) is 2.64. The summed E-state index contributed by atoms with van der Waals surface area (Å²) in [5.74, 6) is -1.87. The molecule has 0 radical (unpaired) electrons. The highest BCUT2D eigenvalue weighted by molar-refractivity contribution is 5.77. The standard InChI is InChI=1S/C19H25F2N3O4/c1-13(2)6-18(19(27)28-3)23-16(11-25)10-22-4-5-24(12-26)17-8-14(20)7-15(21)9-17/h4-5,7-9,11-13,16,18,22-23H,6,10H2,1-3H3/b5-4-. The lowest BCUT2D eigenvalue weighted by atomic mass is 10.0. The van der Waals surface area contributed by atoms with Crippen LogP contribution in [0.1, 0.15) is 20.3 Å². The molecular weight excluding hydrogens is 372 g/mol. The Labute approximate surface area is 162 Å². The Morgan fingerprint density at radius 3 is 2.36 bits per heavy atom. The fraction of sp³-hybridized carbons (Fsp3) is 0.421. The Morgan fingerprint density at radius 2 is 1.86 bits per heavy atom. The summed E-state index contributed by atoms with van der Waals surface area (Å²) in [6.45, 7) is 4.01.